The zero-order chi connectivity index (χ0) is 14.4. The maximum absolute atomic E-state index is 11.8. The largest absolute Gasteiger partial charge is 0.480 e. The molecule has 2 atom stereocenters. The van der Waals surface area contributed by atoms with Crippen molar-refractivity contribution >= 4 is 12.0 Å². The van der Waals surface area contributed by atoms with Crippen LogP contribution in [0.1, 0.15) is 25.7 Å². The third kappa shape index (κ3) is 4.35. The van der Waals surface area contributed by atoms with Gasteiger partial charge in [0.2, 0.25) is 0 Å². The third-order valence-corrected chi connectivity index (χ3v) is 3.93. The van der Waals surface area contributed by atoms with Crippen molar-refractivity contribution in [2.24, 2.45) is 0 Å². The van der Waals surface area contributed by atoms with Gasteiger partial charge in [0, 0.05) is 25.2 Å². The SMILES string of the molecule is O=C(O)COCCNC(=O)NC1CCN2CCCCC12. The number of ether oxygens (including phenoxy) is 1. The van der Waals surface area contributed by atoms with Gasteiger partial charge in [0.25, 0.3) is 0 Å². The maximum Gasteiger partial charge on any atom is 0.329 e. The van der Waals surface area contributed by atoms with Gasteiger partial charge in [-0.25, -0.2) is 9.59 Å². The Kier molecular flexibility index (Phi) is 5.60. The molecule has 2 fully saturated rings. The van der Waals surface area contributed by atoms with E-state index in [4.69, 9.17) is 9.84 Å². The lowest BCUT2D eigenvalue weighted by Gasteiger charge is -2.32. The lowest BCUT2D eigenvalue weighted by Crippen LogP contribution is -2.50. The number of carboxylic acid groups (broad SMARTS) is 1. The van der Waals surface area contributed by atoms with Crippen molar-refractivity contribution < 1.29 is 19.4 Å². The number of hydrogen-bond acceptors (Lipinski definition) is 4. The number of hydrogen-bond donors (Lipinski definition) is 3. The standard InChI is InChI=1S/C13H23N3O4/c17-12(18)9-20-8-5-14-13(19)15-10-4-7-16-6-2-1-3-11(10)16/h10-11H,1-9H2,(H,17,18)(H2,14,15,19). The van der Waals surface area contributed by atoms with Crippen LogP contribution in [0.5, 0.6) is 0 Å². The molecule has 114 valence electrons. The number of nitrogens with zero attached hydrogens (tertiary/aromatic N) is 1. The van der Waals surface area contributed by atoms with Gasteiger partial charge >= 0.3 is 12.0 Å². The van der Waals surface area contributed by atoms with Crippen LogP contribution in [0, 0.1) is 0 Å². The molecular weight excluding hydrogens is 262 g/mol. The molecule has 2 rings (SSSR count). The average Bonchev–Trinajstić information content (AvgIpc) is 2.81. The maximum atomic E-state index is 11.8. The molecule has 20 heavy (non-hydrogen) atoms. The van der Waals surface area contributed by atoms with Crippen LogP contribution < -0.4 is 10.6 Å². The van der Waals surface area contributed by atoms with Gasteiger partial charge in [-0.3, -0.25) is 4.90 Å². The number of nitrogens with one attached hydrogen (secondary N) is 2. The van der Waals surface area contributed by atoms with Crippen LogP contribution in [0.2, 0.25) is 0 Å². The molecule has 0 radical (unpaired) electrons. The number of amides is 2. The molecule has 2 aliphatic heterocycles. The fourth-order valence-electron chi connectivity index (χ4n) is 3.03. The van der Waals surface area contributed by atoms with E-state index in [-0.39, 0.29) is 25.3 Å². The first-order valence-electron chi connectivity index (χ1n) is 7.25. The summed E-state index contributed by atoms with van der Waals surface area (Å²) in [5.41, 5.74) is 0. The van der Waals surface area contributed by atoms with Crippen LogP contribution in [-0.4, -0.2) is 66.9 Å². The summed E-state index contributed by atoms with van der Waals surface area (Å²) in [7, 11) is 0. The van der Waals surface area contributed by atoms with Crippen LogP contribution >= 0.6 is 0 Å². The van der Waals surface area contributed by atoms with Crippen molar-refractivity contribution in [2.45, 2.75) is 37.8 Å². The van der Waals surface area contributed by atoms with E-state index in [1.807, 2.05) is 0 Å². The van der Waals surface area contributed by atoms with Gasteiger partial charge in [0.05, 0.1) is 6.61 Å². The molecule has 3 N–H and O–H groups in total. The Bertz CT molecular complexity index is 351. The number of aliphatic carboxylic acids is 1. The number of carbonyl (C=O) groups excluding carboxylic acids is 1. The highest BCUT2D eigenvalue weighted by Gasteiger charge is 2.36. The highest BCUT2D eigenvalue weighted by atomic mass is 16.5. The van der Waals surface area contributed by atoms with Crippen LogP contribution in [-0.2, 0) is 9.53 Å². The Hall–Kier alpha value is -1.34. The van der Waals surface area contributed by atoms with Crippen molar-refractivity contribution in [3.63, 3.8) is 0 Å². The quantitative estimate of drug-likeness (QED) is 0.598. The van der Waals surface area contributed by atoms with Gasteiger partial charge in [-0.2, -0.15) is 0 Å². The van der Waals surface area contributed by atoms with Crippen LogP contribution in [0.25, 0.3) is 0 Å². The van der Waals surface area contributed by atoms with E-state index in [2.05, 4.69) is 15.5 Å². The van der Waals surface area contributed by atoms with Gasteiger partial charge in [0.1, 0.15) is 6.61 Å². The summed E-state index contributed by atoms with van der Waals surface area (Å²) >= 11 is 0. The van der Waals surface area contributed by atoms with Gasteiger partial charge < -0.3 is 20.5 Å². The molecule has 7 nitrogen and oxygen atoms in total. The average molecular weight is 285 g/mol. The van der Waals surface area contributed by atoms with Crippen LogP contribution in [0.15, 0.2) is 0 Å². The van der Waals surface area contributed by atoms with E-state index in [9.17, 15) is 9.59 Å². The van der Waals surface area contributed by atoms with Crippen molar-refractivity contribution in [3.05, 3.63) is 0 Å². The van der Waals surface area contributed by atoms with Crippen molar-refractivity contribution in [2.75, 3.05) is 32.8 Å². The molecule has 7 heteroatoms. The Balaban J connectivity index is 1.61. The fraction of sp³-hybridized carbons (Fsp3) is 0.846. The monoisotopic (exact) mass is 285 g/mol. The summed E-state index contributed by atoms with van der Waals surface area (Å²) in [5, 5.41) is 14.1. The summed E-state index contributed by atoms with van der Waals surface area (Å²) in [4.78, 5) is 24.5. The van der Waals surface area contributed by atoms with Crippen LogP contribution in [0.3, 0.4) is 0 Å². The van der Waals surface area contributed by atoms with E-state index in [0.717, 1.165) is 25.9 Å². The second kappa shape index (κ2) is 7.44. The van der Waals surface area contributed by atoms with E-state index in [0.29, 0.717) is 12.6 Å². The predicted octanol–water partition coefficient (Wildman–Crippen LogP) is 0.0136. The van der Waals surface area contributed by atoms with Crippen molar-refractivity contribution in [3.8, 4) is 0 Å². The first-order chi connectivity index (χ1) is 9.66. The molecule has 2 saturated heterocycles. The van der Waals surface area contributed by atoms with E-state index < -0.39 is 5.97 Å². The molecule has 0 aromatic carbocycles. The topological polar surface area (TPSA) is 90.9 Å². The minimum atomic E-state index is -1.00. The number of carboxylic acids is 1. The summed E-state index contributed by atoms with van der Waals surface area (Å²) in [6, 6.07) is 0.523. The number of piperidine rings is 1. The first-order valence-corrected chi connectivity index (χ1v) is 7.25. The molecule has 0 bridgehead atoms. The lowest BCUT2D eigenvalue weighted by atomic mass is 9.99. The van der Waals surface area contributed by atoms with E-state index >= 15 is 0 Å². The molecule has 2 heterocycles. The Morgan fingerprint density at radius 1 is 1.25 bits per heavy atom. The summed E-state index contributed by atoms with van der Waals surface area (Å²) in [6.45, 7) is 2.41. The van der Waals surface area contributed by atoms with Crippen LogP contribution in [0.4, 0.5) is 4.79 Å². The zero-order valence-electron chi connectivity index (χ0n) is 11.6. The molecular formula is C13H23N3O4. The first kappa shape index (κ1) is 15.1. The molecule has 0 aromatic heterocycles. The molecule has 0 aromatic rings. The molecule has 0 spiro atoms. The highest BCUT2D eigenvalue weighted by Crippen LogP contribution is 2.26. The number of fused-ring (bicyclic) bond motifs is 1. The second-order valence-corrected chi connectivity index (χ2v) is 5.34. The minimum Gasteiger partial charge on any atom is -0.480 e. The molecule has 0 aliphatic carbocycles. The molecule has 0 saturated carbocycles. The second-order valence-electron chi connectivity index (χ2n) is 5.34. The minimum absolute atomic E-state index is 0.193. The normalized spacial score (nSPS) is 26.0. The van der Waals surface area contributed by atoms with Crippen molar-refractivity contribution in [1.82, 2.24) is 15.5 Å². The Labute approximate surface area is 118 Å². The molecule has 2 amide bonds. The Morgan fingerprint density at radius 2 is 2.10 bits per heavy atom. The summed E-state index contributed by atoms with van der Waals surface area (Å²) < 4.78 is 4.85. The van der Waals surface area contributed by atoms with Gasteiger partial charge in [-0.15, -0.1) is 0 Å². The van der Waals surface area contributed by atoms with Gasteiger partial charge in [-0.05, 0) is 25.8 Å². The fourth-order valence-corrected chi connectivity index (χ4v) is 3.03. The highest BCUT2D eigenvalue weighted by molar-refractivity contribution is 5.74. The predicted molar refractivity (Wildman–Crippen MR) is 72.6 cm³/mol. The molecule has 2 aliphatic rings. The zero-order valence-corrected chi connectivity index (χ0v) is 11.6. The smallest absolute Gasteiger partial charge is 0.329 e. The Morgan fingerprint density at radius 3 is 2.90 bits per heavy atom. The third-order valence-electron chi connectivity index (χ3n) is 3.93. The number of carbonyl (C=O) groups is 2. The summed E-state index contributed by atoms with van der Waals surface area (Å²) in [5.74, 6) is -1.00. The van der Waals surface area contributed by atoms with Gasteiger partial charge in [-0.1, -0.05) is 6.42 Å². The summed E-state index contributed by atoms with van der Waals surface area (Å²) in [6.07, 6.45) is 4.67. The van der Waals surface area contributed by atoms with Crippen molar-refractivity contribution in [1.29, 1.82) is 0 Å². The molecule has 2 unspecified atom stereocenters. The lowest BCUT2D eigenvalue weighted by molar-refractivity contribution is -0.142. The van der Waals surface area contributed by atoms with E-state index in [1.54, 1.807) is 0 Å². The number of urea groups is 1. The number of rotatable bonds is 6. The van der Waals surface area contributed by atoms with Gasteiger partial charge in [0.15, 0.2) is 0 Å². The van der Waals surface area contributed by atoms with E-state index in [1.165, 1.54) is 12.8 Å².